The molecule has 0 saturated carbocycles. The standard InChI is InChI=1S/C14H20N2OS/c1-2-17-11-7-9-16(10-8-11)13-6-4-3-5-12(13)14(15)18/h3-6,11H,2,7-10H2,1H3,(H2,15,18). The van der Waals surface area contributed by atoms with Crippen molar-refractivity contribution in [3.8, 4) is 0 Å². The van der Waals surface area contributed by atoms with Gasteiger partial charge in [0, 0.05) is 30.9 Å². The van der Waals surface area contributed by atoms with Crippen molar-refractivity contribution in [1.82, 2.24) is 0 Å². The minimum atomic E-state index is 0.406. The summed E-state index contributed by atoms with van der Waals surface area (Å²) in [4.78, 5) is 2.82. The number of thiocarbonyl (C=S) groups is 1. The molecule has 0 atom stereocenters. The van der Waals surface area contributed by atoms with E-state index < -0.39 is 0 Å². The molecule has 1 aromatic carbocycles. The van der Waals surface area contributed by atoms with Gasteiger partial charge in [-0.15, -0.1) is 0 Å². The maximum Gasteiger partial charge on any atom is 0.106 e. The molecule has 0 bridgehead atoms. The Morgan fingerprint density at radius 1 is 1.39 bits per heavy atom. The first-order valence-electron chi connectivity index (χ1n) is 6.47. The Kier molecular flexibility index (Phi) is 4.55. The lowest BCUT2D eigenvalue weighted by Gasteiger charge is -2.34. The van der Waals surface area contributed by atoms with E-state index in [1.807, 2.05) is 18.2 Å². The van der Waals surface area contributed by atoms with E-state index in [2.05, 4.69) is 17.9 Å². The van der Waals surface area contributed by atoms with E-state index >= 15 is 0 Å². The van der Waals surface area contributed by atoms with Crippen molar-refractivity contribution in [2.75, 3.05) is 24.6 Å². The minimum Gasteiger partial charge on any atom is -0.389 e. The second-order valence-corrected chi connectivity index (χ2v) is 4.96. The molecule has 1 aliphatic rings. The molecule has 1 aliphatic heterocycles. The van der Waals surface area contributed by atoms with Gasteiger partial charge in [0.15, 0.2) is 0 Å². The van der Waals surface area contributed by atoms with Gasteiger partial charge in [-0.05, 0) is 31.9 Å². The molecule has 1 heterocycles. The molecular weight excluding hydrogens is 244 g/mol. The lowest BCUT2D eigenvalue weighted by Crippen LogP contribution is -2.38. The number of para-hydroxylation sites is 1. The Hall–Kier alpha value is -1.13. The Balaban J connectivity index is 2.07. The average molecular weight is 264 g/mol. The molecule has 0 spiro atoms. The van der Waals surface area contributed by atoms with E-state index in [0.717, 1.165) is 43.8 Å². The maximum absolute atomic E-state index is 5.78. The second-order valence-electron chi connectivity index (χ2n) is 4.52. The van der Waals surface area contributed by atoms with Gasteiger partial charge in [0.2, 0.25) is 0 Å². The molecule has 1 fully saturated rings. The van der Waals surface area contributed by atoms with Crippen LogP contribution in [0.3, 0.4) is 0 Å². The van der Waals surface area contributed by atoms with Crippen LogP contribution >= 0.6 is 12.2 Å². The third-order valence-electron chi connectivity index (χ3n) is 3.35. The summed E-state index contributed by atoms with van der Waals surface area (Å²) in [6.45, 7) is 4.86. The highest BCUT2D eigenvalue weighted by atomic mass is 32.1. The summed E-state index contributed by atoms with van der Waals surface area (Å²) in [6.07, 6.45) is 2.54. The summed E-state index contributed by atoms with van der Waals surface area (Å²) in [6, 6.07) is 8.10. The molecule has 0 amide bonds. The van der Waals surface area contributed by atoms with E-state index in [0.29, 0.717) is 11.1 Å². The van der Waals surface area contributed by atoms with Crippen molar-refractivity contribution in [3.63, 3.8) is 0 Å². The summed E-state index contributed by atoms with van der Waals surface area (Å²) in [5.74, 6) is 0. The largest absolute Gasteiger partial charge is 0.389 e. The van der Waals surface area contributed by atoms with Gasteiger partial charge in [0.1, 0.15) is 4.99 Å². The number of nitrogens with zero attached hydrogens (tertiary/aromatic N) is 1. The summed E-state index contributed by atoms with van der Waals surface area (Å²) in [5.41, 5.74) is 7.90. The number of piperidine rings is 1. The van der Waals surface area contributed by atoms with Crippen molar-refractivity contribution in [3.05, 3.63) is 29.8 Å². The first kappa shape index (κ1) is 13.3. The first-order chi connectivity index (χ1) is 8.72. The zero-order valence-electron chi connectivity index (χ0n) is 10.8. The first-order valence-corrected chi connectivity index (χ1v) is 6.88. The van der Waals surface area contributed by atoms with E-state index in [1.165, 1.54) is 0 Å². The van der Waals surface area contributed by atoms with Crippen LogP contribution in [0.1, 0.15) is 25.3 Å². The molecule has 98 valence electrons. The van der Waals surface area contributed by atoms with Crippen LogP contribution in [0.2, 0.25) is 0 Å². The monoisotopic (exact) mass is 264 g/mol. The fourth-order valence-electron chi connectivity index (χ4n) is 2.46. The van der Waals surface area contributed by atoms with Gasteiger partial charge in [-0.25, -0.2) is 0 Å². The topological polar surface area (TPSA) is 38.5 Å². The zero-order chi connectivity index (χ0) is 13.0. The molecule has 0 radical (unpaired) electrons. The molecule has 2 N–H and O–H groups in total. The van der Waals surface area contributed by atoms with Gasteiger partial charge >= 0.3 is 0 Å². The molecule has 0 aromatic heterocycles. The molecule has 2 rings (SSSR count). The highest BCUT2D eigenvalue weighted by Gasteiger charge is 2.21. The number of ether oxygens (including phenoxy) is 1. The van der Waals surface area contributed by atoms with Crippen molar-refractivity contribution < 1.29 is 4.74 Å². The molecule has 0 aliphatic carbocycles. The van der Waals surface area contributed by atoms with E-state index in [9.17, 15) is 0 Å². The molecule has 1 saturated heterocycles. The van der Waals surface area contributed by atoms with Crippen LogP contribution in [0.25, 0.3) is 0 Å². The summed E-state index contributed by atoms with van der Waals surface area (Å²) >= 11 is 5.11. The number of nitrogens with two attached hydrogens (primary N) is 1. The third kappa shape index (κ3) is 3.00. The molecule has 4 heteroatoms. The van der Waals surface area contributed by atoms with Gasteiger partial charge in [-0.1, -0.05) is 24.4 Å². The van der Waals surface area contributed by atoms with E-state index in [1.54, 1.807) is 0 Å². The van der Waals surface area contributed by atoms with Gasteiger partial charge in [0.25, 0.3) is 0 Å². The van der Waals surface area contributed by atoms with Crippen LogP contribution in [0.5, 0.6) is 0 Å². The van der Waals surface area contributed by atoms with E-state index in [-0.39, 0.29) is 0 Å². The fraction of sp³-hybridized carbons (Fsp3) is 0.500. The predicted molar refractivity (Wildman–Crippen MR) is 79.2 cm³/mol. The van der Waals surface area contributed by atoms with Crippen molar-refractivity contribution >= 4 is 22.9 Å². The minimum absolute atomic E-state index is 0.406. The van der Waals surface area contributed by atoms with Crippen LogP contribution in [0.15, 0.2) is 24.3 Å². The molecule has 18 heavy (non-hydrogen) atoms. The average Bonchev–Trinajstić information content (AvgIpc) is 2.40. The fourth-order valence-corrected chi connectivity index (χ4v) is 2.63. The van der Waals surface area contributed by atoms with Gasteiger partial charge in [0.05, 0.1) is 6.10 Å². The quantitative estimate of drug-likeness (QED) is 0.847. The van der Waals surface area contributed by atoms with Crippen LogP contribution < -0.4 is 10.6 Å². The van der Waals surface area contributed by atoms with Crippen molar-refractivity contribution in [1.29, 1.82) is 0 Å². The third-order valence-corrected chi connectivity index (χ3v) is 3.57. The van der Waals surface area contributed by atoms with Crippen LogP contribution in [-0.2, 0) is 4.74 Å². The number of rotatable bonds is 4. The Morgan fingerprint density at radius 2 is 2.06 bits per heavy atom. The summed E-state index contributed by atoms with van der Waals surface area (Å²) in [5, 5.41) is 0. The zero-order valence-corrected chi connectivity index (χ0v) is 11.6. The van der Waals surface area contributed by atoms with Crippen molar-refractivity contribution in [2.24, 2.45) is 5.73 Å². The number of hydrogen-bond donors (Lipinski definition) is 1. The van der Waals surface area contributed by atoms with E-state index in [4.69, 9.17) is 22.7 Å². The SMILES string of the molecule is CCOC1CCN(c2ccccc2C(N)=S)CC1. The Labute approximate surface area is 114 Å². The lowest BCUT2D eigenvalue weighted by molar-refractivity contribution is 0.0459. The highest BCUT2D eigenvalue weighted by Crippen LogP contribution is 2.25. The highest BCUT2D eigenvalue weighted by molar-refractivity contribution is 7.80. The molecule has 1 aromatic rings. The molecule has 3 nitrogen and oxygen atoms in total. The second kappa shape index (κ2) is 6.16. The molecule has 0 unspecified atom stereocenters. The Morgan fingerprint density at radius 3 is 2.67 bits per heavy atom. The smallest absolute Gasteiger partial charge is 0.106 e. The van der Waals surface area contributed by atoms with Gasteiger partial charge in [-0.3, -0.25) is 0 Å². The van der Waals surface area contributed by atoms with Gasteiger partial charge < -0.3 is 15.4 Å². The number of benzene rings is 1. The van der Waals surface area contributed by atoms with Crippen LogP contribution in [0, 0.1) is 0 Å². The summed E-state index contributed by atoms with van der Waals surface area (Å²) < 4.78 is 5.67. The van der Waals surface area contributed by atoms with Crippen molar-refractivity contribution in [2.45, 2.75) is 25.9 Å². The molecular formula is C14H20N2OS. The predicted octanol–water partition coefficient (Wildman–Crippen LogP) is 2.33. The number of hydrogen-bond acceptors (Lipinski definition) is 3. The van der Waals surface area contributed by atoms with Gasteiger partial charge in [-0.2, -0.15) is 0 Å². The Bertz CT molecular complexity index is 414. The normalized spacial score (nSPS) is 16.8. The number of anilines is 1. The summed E-state index contributed by atoms with van der Waals surface area (Å²) in [7, 11) is 0. The maximum atomic E-state index is 5.78. The van der Waals surface area contributed by atoms with Crippen LogP contribution in [-0.4, -0.2) is 30.8 Å². The lowest BCUT2D eigenvalue weighted by atomic mass is 10.0. The van der Waals surface area contributed by atoms with Crippen LogP contribution in [0.4, 0.5) is 5.69 Å².